The molecule has 0 unspecified atom stereocenters. The smallest absolute Gasteiger partial charge is 0.125 e. The third-order valence-corrected chi connectivity index (χ3v) is 3.91. The predicted molar refractivity (Wildman–Crippen MR) is 78.4 cm³/mol. The minimum Gasteiger partial charge on any atom is -0.392 e. The predicted octanol–water partition coefficient (Wildman–Crippen LogP) is 2.92. The van der Waals surface area contributed by atoms with Gasteiger partial charge in [-0.05, 0) is 47.7 Å². The minimum absolute atomic E-state index is 0.126. The van der Waals surface area contributed by atoms with Gasteiger partial charge in [-0.2, -0.15) is 0 Å². The normalized spacial score (nSPS) is 14.8. The second-order valence-electron chi connectivity index (χ2n) is 5.23. The number of rotatable bonds is 2. The number of hydrogen-bond acceptors (Lipinski definition) is 2. The SMILES string of the molecule is OCc1cc(F)cc(N2CCc3ccccc3CC2)c1. The molecule has 0 aromatic heterocycles. The quantitative estimate of drug-likeness (QED) is 0.908. The van der Waals surface area contributed by atoms with Crippen LogP contribution in [0.4, 0.5) is 10.1 Å². The van der Waals surface area contributed by atoms with Crippen LogP contribution in [0, 0.1) is 5.82 Å². The first-order valence-corrected chi connectivity index (χ1v) is 6.98. The summed E-state index contributed by atoms with van der Waals surface area (Å²) in [5.74, 6) is -0.284. The first-order chi connectivity index (χ1) is 9.76. The highest BCUT2D eigenvalue weighted by atomic mass is 19.1. The zero-order valence-corrected chi connectivity index (χ0v) is 11.3. The van der Waals surface area contributed by atoms with E-state index in [-0.39, 0.29) is 12.4 Å². The maximum atomic E-state index is 13.6. The van der Waals surface area contributed by atoms with E-state index in [1.807, 2.05) is 6.07 Å². The molecule has 0 atom stereocenters. The van der Waals surface area contributed by atoms with E-state index in [0.29, 0.717) is 5.56 Å². The third-order valence-electron chi connectivity index (χ3n) is 3.91. The molecule has 0 radical (unpaired) electrons. The zero-order chi connectivity index (χ0) is 13.9. The molecule has 0 bridgehead atoms. The van der Waals surface area contributed by atoms with E-state index < -0.39 is 0 Å². The first-order valence-electron chi connectivity index (χ1n) is 6.98. The summed E-state index contributed by atoms with van der Waals surface area (Å²) < 4.78 is 13.6. The molecule has 0 saturated heterocycles. The topological polar surface area (TPSA) is 23.5 Å². The summed E-state index contributed by atoms with van der Waals surface area (Å²) >= 11 is 0. The van der Waals surface area contributed by atoms with Gasteiger partial charge in [0.25, 0.3) is 0 Å². The van der Waals surface area contributed by atoms with Crippen LogP contribution in [0.1, 0.15) is 16.7 Å². The lowest BCUT2D eigenvalue weighted by Gasteiger charge is -2.23. The number of benzene rings is 2. The minimum atomic E-state index is -0.284. The van der Waals surface area contributed by atoms with Gasteiger partial charge in [0.05, 0.1) is 6.61 Å². The van der Waals surface area contributed by atoms with Crippen molar-refractivity contribution in [3.05, 3.63) is 65.0 Å². The number of nitrogens with zero attached hydrogens (tertiary/aromatic N) is 1. The van der Waals surface area contributed by atoms with Gasteiger partial charge in [0.15, 0.2) is 0 Å². The molecule has 0 spiro atoms. The van der Waals surface area contributed by atoms with E-state index in [9.17, 15) is 9.50 Å². The Kier molecular flexibility index (Phi) is 3.70. The van der Waals surface area contributed by atoms with E-state index in [2.05, 4.69) is 29.2 Å². The van der Waals surface area contributed by atoms with Crippen LogP contribution >= 0.6 is 0 Å². The second kappa shape index (κ2) is 5.63. The Bertz CT molecular complexity index is 585. The van der Waals surface area contributed by atoms with E-state index in [0.717, 1.165) is 31.6 Å². The molecule has 1 aliphatic rings. The zero-order valence-electron chi connectivity index (χ0n) is 11.3. The molecule has 0 saturated carbocycles. The molecule has 0 fully saturated rings. The number of aliphatic hydroxyl groups is 1. The Hall–Kier alpha value is -1.87. The Balaban J connectivity index is 1.85. The Labute approximate surface area is 118 Å². The van der Waals surface area contributed by atoms with Crippen molar-refractivity contribution in [3.63, 3.8) is 0 Å². The molecule has 1 heterocycles. The van der Waals surface area contributed by atoms with Crippen LogP contribution in [0.25, 0.3) is 0 Å². The maximum absolute atomic E-state index is 13.6. The fourth-order valence-corrected chi connectivity index (χ4v) is 2.83. The highest BCUT2D eigenvalue weighted by Gasteiger charge is 2.15. The van der Waals surface area contributed by atoms with Gasteiger partial charge in [-0.3, -0.25) is 0 Å². The van der Waals surface area contributed by atoms with Crippen molar-refractivity contribution < 1.29 is 9.50 Å². The van der Waals surface area contributed by atoms with Crippen molar-refractivity contribution in [2.45, 2.75) is 19.4 Å². The van der Waals surface area contributed by atoms with Crippen molar-refractivity contribution in [1.29, 1.82) is 0 Å². The van der Waals surface area contributed by atoms with Crippen molar-refractivity contribution in [2.24, 2.45) is 0 Å². The van der Waals surface area contributed by atoms with Gasteiger partial charge in [-0.25, -0.2) is 4.39 Å². The molecule has 0 aliphatic carbocycles. The van der Waals surface area contributed by atoms with Gasteiger partial charge in [0.1, 0.15) is 5.82 Å². The summed E-state index contributed by atoms with van der Waals surface area (Å²) in [4.78, 5) is 2.20. The number of hydrogen-bond donors (Lipinski definition) is 1. The fourth-order valence-electron chi connectivity index (χ4n) is 2.83. The standard InChI is InChI=1S/C17H18FNO/c18-16-9-13(12-20)10-17(11-16)19-7-5-14-3-1-2-4-15(14)6-8-19/h1-4,9-11,20H,5-8,12H2. The summed E-state index contributed by atoms with van der Waals surface area (Å²) in [6.07, 6.45) is 1.95. The monoisotopic (exact) mass is 271 g/mol. The number of halogens is 1. The van der Waals surface area contributed by atoms with Crippen LogP contribution in [0.15, 0.2) is 42.5 Å². The van der Waals surface area contributed by atoms with Crippen molar-refractivity contribution in [2.75, 3.05) is 18.0 Å². The van der Waals surface area contributed by atoms with E-state index in [1.54, 1.807) is 6.07 Å². The molecular weight excluding hydrogens is 253 g/mol. The largest absolute Gasteiger partial charge is 0.392 e. The summed E-state index contributed by atoms with van der Waals surface area (Å²) in [6, 6.07) is 13.3. The molecular formula is C17H18FNO. The average molecular weight is 271 g/mol. The third kappa shape index (κ3) is 2.68. The van der Waals surface area contributed by atoms with Gasteiger partial charge >= 0.3 is 0 Å². The first kappa shape index (κ1) is 13.1. The van der Waals surface area contributed by atoms with Crippen LogP contribution in [-0.2, 0) is 19.4 Å². The van der Waals surface area contributed by atoms with Crippen molar-refractivity contribution >= 4 is 5.69 Å². The van der Waals surface area contributed by atoms with E-state index >= 15 is 0 Å². The Morgan fingerprint density at radius 3 is 2.25 bits per heavy atom. The van der Waals surface area contributed by atoms with E-state index in [4.69, 9.17) is 0 Å². The summed E-state index contributed by atoms with van der Waals surface area (Å²) in [6.45, 7) is 1.63. The second-order valence-corrected chi connectivity index (χ2v) is 5.23. The molecule has 3 heteroatoms. The van der Waals surface area contributed by atoms with Crippen LogP contribution in [0.3, 0.4) is 0 Å². The lowest BCUT2D eigenvalue weighted by atomic mass is 10.0. The molecule has 104 valence electrons. The summed E-state index contributed by atoms with van der Waals surface area (Å²) in [5, 5.41) is 9.20. The van der Waals surface area contributed by atoms with Gasteiger partial charge < -0.3 is 10.0 Å². The van der Waals surface area contributed by atoms with Gasteiger partial charge in [0.2, 0.25) is 0 Å². The summed E-state index contributed by atoms with van der Waals surface area (Å²) in [7, 11) is 0. The summed E-state index contributed by atoms with van der Waals surface area (Å²) in [5.41, 5.74) is 4.26. The van der Waals surface area contributed by atoms with Gasteiger partial charge in [0, 0.05) is 18.8 Å². The molecule has 2 aromatic rings. The highest BCUT2D eigenvalue weighted by Crippen LogP contribution is 2.23. The average Bonchev–Trinajstić information content (AvgIpc) is 2.69. The molecule has 2 nitrogen and oxygen atoms in total. The lowest BCUT2D eigenvalue weighted by molar-refractivity contribution is 0.281. The molecule has 0 amide bonds. The van der Waals surface area contributed by atoms with Crippen LogP contribution in [-0.4, -0.2) is 18.2 Å². The van der Waals surface area contributed by atoms with Crippen LogP contribution in [0.2, 0.25) is 0 Å². The molecule has 2 aromatic carbocycles. The number of fused-ring (bicyclic) bond motifs is 1. The van der Waals surface area contributed by atoms with E-state index in [1.165, 1.54) is 17.2 Å². The van der Waals surface area contributed by atoms with Gasteiger partial charge in [-0.15, -0.1) is 0 Å². The van der Waals surface area contributed by atoms with Crippen LogP contribution < -0.4 is 4.90 Å². The van der Waals surface area contributed by atoms with Crippen molar-refractivity contribution in [1.82, 2.24) is 0 Å². The fraction of sp³-hybridized carbons (Fsp3) is 0.294. The Morgan fingerprint density at radius 1 is 1.00 bits per heavy atom. The number of anilines is 1. The molecule has 3 rings (SSSR count). The van der Waals surface area contributed by atoms with Crippen molar-refractivity contribution in [3.8, 4) is 0 Å². The Morgan fingerprint density at radius 2 is 1.65 bits per heavy atom. The lowest BCUT2D eigenvalue weighted by Crippen LogP contribution is -2.26. The maximum Gasteiger partial charge on any atom is 0.125 e. The van der Waals surface area contributed by atoms with Crippen LogP contribution in [0.5, 0.6) is 0 Å². The molecule has 1 N–H and O–H groups in total. The number of aliphatic hydroxyl groups excluding tert-OH is 1. The molecule has 1 aliphatic heterocycles. The van der Waals surface area contributed by atoms with Gasteiger partial charge in [-0.1, -0.05) is 24.3 Å². The highest BCUT2D eigenvalue weighted by molar-refractivity contribution is 5.50. The molecule has 20 heavy (non-hydrogen) atoms.